The van der Waals surface area contributed by atoms with Crippen molar-refractivity contribution in [2.24, 2.45) is 0 Å². The van der Waals surface area contributed by atoms with Crippen LogP contribution >= 0.6 is 7.14 Å². The van der Waals surface area contributed by atoms with Crippen LogP contribution in [0.1, 0.15) is 0 Å². The van der Waals surface area contributed by atoms with Crippen LogP contribution in [-0.4, -0.2) is 21.6 Å². The number of hydrogen-bond acceptors (Lipinski definition) is 3. The molecule has 5 nitrogen and oxygen atoms in total. The van der Waals surface area contributed by atoms with Gasteiger partial charge < -0.3 is 10.2 Å². The standard InChI is InChI=1S/C14H11O5P/c15-13(16)20(19,14(17)18)12-9-5-4-8-11(12)10-6-2-1-3-7-10/h1-9H,(H,15,16)(H,17,18). The summed E-state index contributed by atoms with van der Waals surface area (Å²) in [5.41, 5.74) is -2.69. The van der Waals surface area contributed by atoms with E-state index < -0.39 is 18.6 Å². The van der Waals surface area contributed by atoms with Crippen molar-refractivity contribution in [1.82, 2.24) is 0 Å². The lowest BCUT2D eigenvalue weighted by atomic mass is 10.1. The molecule has 102 valence electrons. The summed E-state index contributed by atoms with van der Waals surface area (Å²) in [5, 5.41) is 18.0. The third kappa shape index (κ3) is 2.24. The second-order valence-corrected chi connectivity index (χ2v) is 6.52. The summed E-state index contributed by atoms with van der Waals surface area (Å²) in [7, 11) is -4.59. The van der Waals surface area contributed by atoms with Gasteiger partial charge >= 0.3 is 18.6 Å². The molecule has 0 atom stereocenters. The van der Waals surface area contributed by atoms with Crippen LogP contribution in [0.25, 0.3) is 11.1 Å². The van der Waals surface area contributed by atoms with Crippen molar-refractivity contribution in [2.45, 2.75) is 0 Å². The van der Waals surface area contributed by atoms with Crippen molar-refractivity contribution in [3.8, 4) is 11.1 Å². The molecule has 0 aliphatic carbocycles. The lowest BCUT2D eigenvalue weighted by Crippen LogP contribution is -2.19. The monoisotopic (exact) mass is 290 g/mol. The Morgan fingerprint density at radius 3 is 1.85 bits per heavy atom. The molecule has 0 bridgehead atoms. The van der Waals surface area contributed by atoms with E-state index in [0.717, 1.165) is 0 Å². The third-order valence-electron chi connectivity index (χ3n) is 2.87. The zero-order valence-electron chi connectivity index (χ0n) is 10.3. The average Bonchev–Trinajstić information content (AvgIpc) is 2.47. The van der Waals surface area contributed by atoms with E-state index in [4.69, 9.17) is 10.2 Å². The highest BCUT2D eigenvalue weighted by Gasteiger charge is 2.44. The molecular formula is C14H11O5P. The van der Waals surface area contributed by atoms with Crippen LogP contribution in [0.5, 0.6) is 0 Å². The summed E-state index contributed by atoms with van der Waals surface area (Å²) in [6, 6.07) is 14.6. The first-order chi connectivity index (χ1) is 9.48. The minimum Gasteiger partial charge on any atom is -0.475 e. The van der Waals surface area contributed by atoms with Crippen molar-refractivity contribution < 1.29 is 24.4 Å². The molecule has 0 aromatic heterocycles. The lowest BCUT2D eigenvalue weighted by Gasteiger charge is -2.13. The van der Waals surface area contributed by atoms with Crippen LogP contribution in [0.2, 0.25) is 0 Å². The molecule has 2 N–H and O–H groups in total. The van der Waals surface area contributed by atoms with Crippen molar-refractivity contribution >= 4 is 23.9 Å². The van der Waals surface area contributed by atoms with Crippen molar-refractivity contribution in [1.29, 1.82) is 0 Å². The van der Waals surface area contributed by atoms with Gasteiger partial charge in [-0.25, -0.2) is 9.59 Å². The second-order valence-electron chi connectivity index (χ2n) is 4.06. The molecule has 0 aliphatic heterocycles. The first-order valence-electron chi connectivity index (χ1n) is 5.70. The van der Waals surface area contributed by atoms with E-state index in [1.165, 1.54) is 12.1 Å². The number of benzene rings is 2. The van der Waals surface area contributed by atoms with Crippen molar-refractivity contribution in [3.05, 3.63) is 54.6 Å². The van der Waals surface area contributed by atoms with E-state index in [9.17, 15) is 14.2 Å². The minimum atomic E-state index is -4.59. The van der Waals surface area contributed by atoms with E-state index in [1.807, 2.05) is 0 Å². The summed E-state index contributed by atoms with van der Waals surface area (Å²) >= 11 is 0. The molecule has 2 aromatic carbocycles. The highest BCUT2D eigenvalue weighted by atomic mass is 31.2. The van der Waals surface area contributed by atoms with Gasteiger partial charge in [0.25, 0.3) is 0 Å². The molecule has 0 radical (unpaired) electrons. The van der Waals surface area contributed by atoms with Gasteiger partial charge in [0.15, 0.2) is 0 Å². The molecule has 2 aromatic rings. The van der Waals surface area contributed by atoms with Crippen molar-refractivity contribution in [2.75, 3.05) is 0 Å². The SMILES string of the molecule is O=C(O)P(=O)(C(=O)O)c1ccccc1-c1ccccc1. The van der Waals surface area contributed by atoms with Gasteiger partial charge in [-0.05, 0) is 17.2 Å². The van der Waals surface area contributed by atoms with Crippen LogP contribution in [0.3, 0.4) is 0 Å². The first kappa shape index (κ1) is 14.0. The van der Waals surface area contributed by atoms with Gasteiger partial charge in [-0.3, -0.25) is 4.57 Å². The maximum absolute atomic E-state index is 12.4. The van der Waals surface area contributed by atoms with Gasteiger partial charge in [0.1, 0.15) is 0 Å². The Kier molecular flexibility index (Phi) is 3.72. The molecular weight excluding hydrogens is 279 g/mol. The van der Waals surface area contributed by atoms with Gasteiger partial charge in [0, 0.05) is 5.30 Å². The Balaban J connectivity index is 2.74. The van der Waals surface area contributed by atoms with E-state index >= 15 is 0 Å². The topological polar surface area (TPSA) is 91.7 Å². The summed E-state index contributed by atoms with van der Waals surface area (Å²) in [6.45, 7) is 0. The molecule has 6 heteroatoms. The minimum absolute atomic E-state index is 0.175. The molecule has 0 saturated carbocycles. The van der Waals surface area contributed by atoms with E-state index in [-0.39, 0.29) is 5.30 Å². The van der Waals surface area contributed by atoms with E-state index in [2.05, 4.69) is 0 Å². The Morgan fingerprint density at radius 1 is 0.800 bits per heavy atom. The van der Waals surface area contributed by atoms with E-state index in [0.29, 0.717) is 11.1 Å². The van der Waals surface area contributed by atoms with Gasteiger partial charge in [0.05, 0.1) is 0 Å². The predicted octanol–water partition coefficient (Wildman–Crippen LogP) is 3.70. The highest BCUT2D eigenvalue weighted by Crippen LogP contribution is 2.48. The Bertz CT molecular complexity index is 691. The van der Waals surface area contributed by atoms with Crippen LogP contribution in [0, 0.1) is 0 Å². The fourth-order valence-corrected chi connectivity index (χ4v) is 3.31. The van der Waals surface area contributed by atoms with E-state index in [1.54, 1.807) is 42.5 Å². The third-order valence-corrected chi connectivity index (χ3v) is 5.01. The summed E-state index contributed by atoms with van der Waals surface area (Å²) in [4.78, 5) is 22.4. The van der Waals surface area contributed by atoms with Gasteiger partial charge in [-0.1, -0.05) is 48.5 Å². The fraction of sp³-hybridized carbons (Fsp3) is 0. The average molecular weight is 290 g/mol. The molecule has 0 saturated heterocycles. The van der Waals surface area contributed by atoms with Crippen LogP contribution in [0.15, 0.2) is 54.6 Å². The highest BCUT2D eigenvalue weighted by molar-refractivity contribution is 7.99. The quantitative estimate of drug-likeness (QED) is 0.838. The summed E-state index contributed by atoms with van der Waals surface area (Å²) < 4.78 is 12.4. The number of carboxylic acid groups (broad SMARTS) is 2. The number of hydrogen-bond donors (Lipinski definition) is 2. The van der Waals surface area contributed by atoms with Crippen LogP contribution in [0.4, 0.5) is 9.59 Å². The molecule has 0 amide bonds. The zero-order valence-corrected chi connectivity index (χ0v) is 11.2. The Hall–Kier alpha value is -2.39. The molecule has 20 heavy (non-hydrogen) atoms. The molecule has 0 fully saturated rings. The first-order valence-corrected chi connectivity index (χ1v) is 7.40. The van der Waals surface area contributed by atoms with Crippen LogP contribution < -0.4 is 5.30 Å². The van der Waals surface area contributed by atoms with Crippen molar-refractivity contribution in [3.63, 3.8) is 0 Å². The fourth-order valence-electron chi connectivity index (χ4n) is 1.90. The largest absolute Gasteiger partial charge is 0.475 e. The number of carbonyl (C=O) groups is 2. The number of rotatable bonds is 4. The normalized spacial score (nSPS) is 11.0. The lowest BCUT2D eigenvalue weighted by molar-refractivity contribution is 0.212. The molecule has 0 spiro atoms. The molecule has 0 aliphatic rings. The summed E-state index contributed by atoms with van der Waals surface area (Å²) in [5.74, 6) is 0. The molecule has 0 heterocycles. The van der Waals surface area contributed by atoms with Gasteiger partial charge in [0.2, 0.25) is 0 Å². The Morgan fingerprint density at radius 2 is 1.30 bits per heavy atom. The van der Waals surface area contributed by atoms with Gasteiger partial charge in [-0.2, -0.15) is 0 Å². The van der Waals surface area contributed by atoms with Crippen LogP contribution in [-0.2, 0) is 4.57 Å². The zero-order chi connectivity index (χ0) is 14.8. The molecule has 0 unspecified atom stereocenters. The smallest absolute Gasteiger partial charge is 0.377 e. The summed E-state index contributed by atoms with van der Waals surface area (Å²) in [6.07, 6.45) is 0. The maximum atomic E-state index is 12.4. The molecule has 2 rings (SSSR count). The Labute approximate surface area is 114 Å². The van der Waals surface area contributed by atoms with Gasteiger partial charge in [-0.15, -0.1) is 0 Å². The second kappa shape index (κ2) is 5.31. The maximum Gasteiger partial charge on any atom is 0.377 e. The predicted molar refractivity (Wildman–Crippen MR) is 75.2 cm³/mol.